The largest absolute Gasteiger partial charge is 0.391 e. The number of ether oxygens (including phenoxy) is 2. The van der Waals surface area contributed by atoms with Crippen LogP contribution in [0.2, 0.25) is 0 Å². The Morgan fingerprint density at radius 3 is 2.28 bits per heavy atom. The van der Waals surface area contributed by atoms with Crippen LogP contribution in [0.5, 0.6) is 0 Å². The first-order chi connectivity index (χ1) is 15.2. The first kappa shape index (κ1) is 29.5. The predicted octanol–water partition coefficient (Wildman–Crippen LogP) is 2.65. The number of aliphatic hydroxyl groups is 3. The highest BCUT2D eigenvalue weighted by molar-refractivity contribution is 4.84. The van der Waals surface area contributed by atoms with Crippen molar-refractivity contribution in [2.45, 2.75) is 97.4 Å². The molecule has 0 aromatic heterocycles. The van der Waals surface area contributed by atoms with Crippen LogP contribution in [0.3, 0.4) is 0 Å². The van der Waals surface area contributed by atoms with E-state index in [0.29, 0.717) is 12.5 Å². The number of hydrogen-bond donors (Lipinski definition) is 5. The van der Waals surface area contributed by atoms with Crippen LogP contribution in [0, 0.1) is 23.7 Å². The molecular weight excluding hydrogens is 408 g/mol. The van der Waals surface area contributed by atoms with Gasteiger partial charge in [-0.15, -0.1) is 6.58 Å². The Morgan fingerprint density at radius 1 is 1.03 bits per heavy atom. The summed E-state index contributed by atoms with van der Waals surface area (Å²) < 4.78 is 11.7. The van der Waals surface area contributed by atoms with Crippen molar-refractivity contribution in [1.29, 1.82) is 0 Å². The summed E-state index contributed by atoms with van der Waals surface area (Å²) in [6.45, 7) is 16.3. The van der Waals surface area contributed by atoms with E-state index in [2.05, 4.69) is 44.9 Å². The molecule has 1 fully saturated rings. The van der Waals surface area contributed by atoms with Crippen molar-refractivity contribution in [2.75, 3.05) is 26.4 Å². The molecule has 1 saturated heterocycles. The molecule has 32 heavy (non-hydrogen) atoms. The first-order valence-corrected chi connectivity index (χ1v) is 12.5. The molecule has 1 aliphatic rings. The molecule has 8 unspecified atom stereocenters. The molecule has 8 atom stereocenters. The van der Waals surface area contributed by atoms with Gasteiger partial charge in [0.25, 0.3) is 0 Å². The van der Waals surface area contributed by atoms with Crippen molar-refractivity contribution >= 4 is 0 Å². The van der Waals surface area contributed by atoms with Crippen LogP contribution in [-0.4, -0.2) is 72.4 Å². The summed E-state index contributed by atoms with van der Waals surface area (Å²) in [4.78, 5) is 0. The van der Waals surface area contributed by atoms with Gasteiger partial charge in [-0.25, -0.2) is 0 Å². The van der Waals surface area contributed by atoms with Crippen LogP contribution in [0.1, 0.15) is 66.7 Å². The molecule has 0 saturated carbocycles. The molecule has 0 radical (unpaired) electrons. The van der Waals surface area contributed by atoms with Gasteiger partial charge in [-0.05, 0) is 50.4 Å². The van der Waals surface area contributed by atoms with Crippen LogP contribution in [0.4, 0.5) is 0 Å². The Labute approximate surface area is 196 Å². The monoisotopic (exact) mass is 458 g/mol. The lowest BCUT2D eigenvalue weighted by molar-refractivity contribution is -0.155. The molecule has 1 aliphatic heterocycles. The summed E-state index contributed by atoms with van der Waals surface area (Å²) in [5.74, 6) is 0.455. The van der Waals surface area contributed by atoms with E-state index in [-0.39, 0.29) is 36.5 Å². The molecular formula is C25H50N2O5. The van der Waals surface area contributed by atoms with E-state index in [1.54, 1.807) is 6.92 Å². The maximum absolute atomic E-state index is 11.1. The van der Waals surface area contributed by atoms with E-state index < -0.39 is 18.5 Å². The summed E-state index contributed by atoms with van der Waals surface area (Å²) in [6.07, 6.45) is 3.96. The Bertz CT molecular complexity index is 485. The molecule has 0 amide bonds. The average Bonchev–Trinajstić information content (AvgIpc) is 3.26. The maximum Gasteiger partial charge on any atom is 0.157 e. The predicted molar refractivity (Wildman–Crippen MR) is 129 cm³/mol. The molecule has 190 valence electrons. The Hall–Kier alpha value is -0.540. The lowest BCUT2D eigenvalue weighted by Gasteiger charge is -2.33. The molecule has 0 aliphatic carbocycles. The van der Waals surface area contributed by atoms with Crippen molar-refractivity contribution in [3.05, 3.63) is 12.7 Å². The molecule has 0 aromatic rings. The van der Waals surface area contributed by atoms with Gasteiger partial charge >= 0.3 is 0 Å². The van der Waals surface area contributed by atoms with E-state index in [4.69, 9.17) is 9.47 Å². The van der Waals surface area contributed by atoms with Crippen molar-refractivity contribution in [3.63, 3.8) is 0 Å². The molecule has 0 bridgehead atoms. The molecule has 1 heterocycles. The fourth-order valence-corrected chi connectivity index (χ4v) is 4.35. The lowest BCUT2D eigenvalue weighted by atomic mass is 9.85. The van der Waals surface area contributed by atoms with Gasteiger partial charge in [0.15, 0.2) is 6.29 Å². The Morgan fingerprint density at radius 2 is 1.75 bits per heavy atom. The van der Waals surface area contributed by atoms with E-state index in [1.165, 1.54) is 0 Å². The Balaban J connectivity index is 2.66. The molecule has 7 nitrogen and oxygen atoms in total. The normalized spacial score (nSPS) is 23.5. The van der Waals surface area contributed by atoms with Gasteiger partial charge in [0.05, 0.1) is 31.5 Å². The summed E-state index contributed by atoms with van der Waals surface area (Å²) in [7, 11) is 0. The number of aliphatic hydroxyl groups excluding tert-OH is 3. The van der Waals surface area contributed by atoms with Gasteiger partial charge in [0.1, 0.15) is 0 Å². The second-order valence-electron chi connectivity index (χ2n) is 9.97. The highest BCUT2D eigenvalue weighted by Gasteiger charge is 2.31. The second kappa shape index (κ2) is 16.1. The minimum atomic E-state index is -0.934. The highest BCUT2D eigenvalue weighted by Crippen LogP contribution is 2.27. The third-order valence-electron chi connectivity index (χ3n) is 6.47. The van der Waals surface area contributed by atoms with Gasteiger partial charge in [-0.1, -0.05) is 40.2 Å². The van der Waals surface area contributed by atoms with E-state index >= 15 is 0 Å². The molecule has 5 N–H and O–H groups in total. The smallest absolute Gasteiger partial charge is 0.157 e. The zero-order valence-corrected chi connectivity index (χ0v) is 21.0. The van der Waals surface area contributed by atoms with E-state index in [1.807, 2.05) is 6.08 Å². The standard InChI is InChI=1S/C25H50N2O5/c1-7-9-20(8-2)15-31-24(17(3)4)23(29)18(5)10-11-21(12-22-13-26-16-27-22)25(30)32-14-19(6)28/h8,17-30H,2,7,9-16H2,1,3-6H3. The van der Waals surface area contributed by atoms with Gasteiger partial charge in [-0.3, -0.25) is 0 Å². The fourth-order valence-electron chi connectivity index (χ4n) is 4.35. The lowest BCUT2D eigenvalue weighted by Crippen LogP contribution is -2.40. The third-order valence-corrected chi connectivity index (χ3v) is 6.47. The van der Waals surface area contributed by atoms with Gasteiger partial charge in [0, 0.05) is 25.2 Å². The SMILES string of the molecule is C=CC(CCC)COC(C(C)C)C(O)C(C)CCC(CC1CNCN1)C(O)OCC(C)O. The average molecular weight is 459 g/mol. The summed E-state index contributed by atoms with van der Waals surface area (Å²) in [5, 5.41) is 37.9. The summed E-state index contributed by atoms with van der Waals surface area (Å²) in [5.41, 5.74) is 0. The van der Waals surface area contributed by atoms with Crippen molar-refractivity contribution < 1.29 is 24.8 Å². The third kappa shape index (κ3) is 11.1. The number of nitrogens with one attached hydrogen (secondary N) is 2. The topological polar surface area (TPSA) is 103 Å². The number of hydrogen-bond acceptors (Lipinski definition) is 7. The minimum Gasteiger partial charge on any atom is -0.391 e. The van der Waals surface area contributed by atoms with Crippen LogP contribution < -0.4 is 10.6 Å². The highest BCUT2D eigenvalue weighted by atomic mass is 16.6. The molecule has 7 heteroatoms. The van der Waals surface area contributed by atoms with Gasteiger partial charge < -0.3 is 35.4 Å². The zero-order valence-electron chi connectivity index (χ0n) is 21.0. The van der Waals surface area contributed by atoms with Gasteiger partial charge in [0.2, 0.25) is 0 Å². The number of rotatable bonds is 18. The maximum atomic E-state index is 11.1. The van der Waals surface area contributed by atoms with E-state index in [0.717, 1.165) is 45.3 Å². The van der Waals surface area contributed by atoms with Crippen LogP contribution in [0.15, 0.2) is 12.7 Å². The molecule has 0 spiro atoms. The van der Waals surface area contributed by atoms with Crippen LogP contribution in [-0.2, 0) is 9.47 Å². The molecule has 1 rings (SSSR count). The quantitative estimate of drug-likeness (QED) is 0.159. The van der Waals surface area contributed by atoms with Gasteiger partial charge in [-0.2, -0.15) is 0 Å². The van der Waals surface area contributed by atoms with Crippen molar-refractivity contribution in [3.8, 4) is 0 Å². The summed E-state index contributed by atoms with van der Waals surface area (Å²) >= 11 is 0. The first-order valence-electron chi connectivity index (χ1n) is 12.5. The zero-order chi connectivity index (χ0) is 24.1. The minimum absolute atomic E-state index is 0.0249. The second-order valence-corrected chi connectivity index (χ2v) is 9.97. The molecule has 0 aromatic carbocycles. The van der Waals surface area contributed by atoms with Crippen molar-refractivity contribution in [2.24, 2.45) is 23.7 Å². The van der Waals surface area contributed by atoms with Crippen LogP contribution >= 0.6 is 0 Å². The van der Waals surface area contributed by atoms with E-state index in [9.17, 15) is 15.3 Å². The Kier molecular flexibility index (Phi) is 14.9. The van der Waals surface area contributed by atoms with Crippen LogP contribution in [0.25, 0.3) is 0 Å². The van der Waals surface area contributed by atoms with Crippen molar-refractivity contribution in [1.82, 2.24) is 10.6 Å². The fraction of sp³-hybridized carbons (Fsp3) is 0.920. The summed E-state index contributed by atoms with van der Waals surface area (Å²) in [6, 6.07) is 0.283.